The Morgan fingerprint density at radius 1 is 1.24 bits per heavy atom. The number of nitrogens with two attached hydrogens (primary N) is 1. The summed E-state index contributed by atoms with van der Waals surface area (Å²) in [7, 11) is 0. The molecule has 0 atom stereocenters. The van der Waals surface area contributed by atoms with Gasteiger partial charge >= 0.3 is 0 Å². The highest BCUT2D eigenvalue weighted by Gasteiger charge is 2.29. The molecule has 0 aromatic carbocycles. The van der Waals surface area contributed by atoms with Gasteiger partial charge in [0, 0.05) is 22.8 Å². The Kier molecular flexibility index (Phi) is 5.32. The topological polar surface area (TPSA) is 75.9 Å². The largest absolute Gasteiger partial charge is 0.368 e. The van der Waals surface area contributed by atoms with Crippen molar-refractivity contribution in [3.05, 3.63) is 11.4 Å². The van der Waals surface area contributed by atoms with E-state index >= 15 is 0 Å². The Balaban J connectivity index is 2.20. The molecule has 0 radical (unpaired) electrons. The maximum atomic E-state index is 5.60. The zero-order valence-electron chi connectivity index (χ0n) is 13.5. The van der Waals surface area contributed by atoms with Crippen molar-refractivity contribution in [2.75, 3.05) is 23.5 Å². The molecule has 118 valence electrons. The summed E-state index contributed by atoms with van der Waals surface area (Å²) >= 11 is 1.93. The lowest BCUT2D eigenvalue weighted by atomic mass is 10.0. The lowest BCUT2D eigenvalue weighted by Crippen LogP contribution is -2.32. The monoisotopic (exact) mass is 309 g/mol. The van der Waals surface area contributed by atoms with Gasteiger partial charge < -0.3 is 10.7 Å². The zero-order chi connectivity index (χ0) is 15.5. The van der Waals surface area contributed by atoms with Crippen LogP contribution in [0, 0.1) is 6.92 Å². The third-order valence-corrected chi connectivity index (χ3v) is 6.13. The molecule has 1 saturated carbocycles. The molecule has 0 amide bonds. The summed E-state index contributed by atoms with van der Waals surface area (Å²) in [6.07, 6.45) is 6.83. The summed E-state index contributed by atoms with van der Waals surface area (Å²) < 4.78 is 0.257. The van der Waals surface area contributed by atoms with Crippen molar-refractivity contribution in [1.29, 1.82) is 0 Å². The minimum atomic E-state index is 0.257. The van der Waals surface area contributed by atoms with E-state index in [0.29, 0.717) is 5.92 Å². The molecule has 1 aromatic heterocycles. The van der Waals surface area contributed by atoms with Crippen LogP contribution in [0.1, 0.15) is 56.8 Å². The molecule has 5 nitrogen and oxygen atoms in total. The minimum absolute atomic E-state index is 0.257. The van der Waals surface area contributed by atoms with Crippen LogP contribution in [0.4, 0.5) is 11.6 Å². The molecule has 1 heterocycles. The van der Waals surface area contributed by atoms with Crippen LogP contribution in [-0.2, 0) is 0 Å². The van der Waals surface area contributed by atoms with Crippen LogP contribution in [-0.4, -0.2) is 27.5 Å². The van der Waals surface area contributed by atoms with Crippen LogP contribution >= 0.6 is 11.8 Å². The second kappa shape index (κ2) is 6.83. The lowest BCUT2D eigenvalue weighted by molar-refractivity contribution is 0.573. The third kappa shape index (κ3) is 3.61. The molecule has 0 spiro atoms. The maximum absolute atomic E-state index is 5.60. The number of rotatable bonds is 8. The molecule has 0 bridgehead atoms. The van der Waals surface area contributed by atoms with E-state index in [1.807, 2.05) is 18.7 Å². The Bertz CT molecular complexity index is 475. The number of hydrogen-bond donors (Lipinski definition) is 3. The quantitative estimate of drug-likeness (QED) is 0.505. The second-order valence-corrected chi connectivity index (χ2v) is 7.04. The Hall–Kier alpha value is -1.01. The van der Waals surface area contributed by atoms with E-state index in [1.54, 1.807) is 0 Å². The predicted octanol–water partition coefficient (Wildman–Crippen LogP) is 3.28. The molecule has 1 fully saturated rings. The normalized spacial score (nSPS) is 15.1. The lowest BCUT2D eigenvalue weighted by Gasteiger charge is -2.30. The first kappa shape index (κ1) is 16.4. The van der Waals surface area contributed by atoms with Gasteiger partial charge in [-0.05, 0) is 38.9 Å². The number of thioether (sulfide) groups is 1. The summed E-state index contributed by atoms with van der Waals surface area (Å²) in [6.45, 7) is 7.41. The first-order chi connectivity index (χ1) is 10.1. The van der Waals surface area contributed by atoms with E-state index in [1.165, 1.54) is 12.8 Å². The van der Waals surface area contributed by atoms with E-state index < -0.39 is 0 Å². The maximum Gasteiger partial charge on any atom is 0.148 e. The Morgan fingerprint density at radius 3 is 2.33 bits per heavy atom. The second-order valence-electron chi connectivity index (χ2n) is 5.77. The van der Waals surface area contributed by atoms with Crippen molar-refractivity contribution in [3.63, 3.8) is 0 Å². The van der Waals surface area contributed by atoms with Gasteiger partial charge in [0.2, 0.25) is 0 Å². The van der Waals surface area contributed by atoms with E-state index in [9.17, 15) is 0 Å². The van der Waals surface area contributed by atoms with Crippen molar-refractivity contribution in [1.82, 2.24) is 9.97 Å². The average Bonchev–Trinajstić information content (AvgIpc) is 3.35. The number of aromatic nitrogens is 2. The average molecular weight is 309 g/mol. The highest BCUT2D eigenvalue weighted by atomic mass is 32.2. The molecule has 0 aliphatic heterocycles. The Morgan fingerprint density at radius 2 is 1.86 bits per heavy atom. The minimum Gasteiger partial charge on any atom is -0.368 e. The van der Waals surface area contributed by atoms with Crippen molar-refractivity contribution in [2.45, 2.75) is 57.1 Å². The SMILES string of the molecule is CCC(CC)(CNc1nc(C2CC2)nc(NN)c1C)SC. The van der Waals surface area contributed by atoms with Gasteiger partial charge in [0.1, 0.15) is 17.5 Å². The van der Waals surface area contributed by atoms with E-state index in [0.717, 1.165) is 42.4 Å². The van der Waals surface area contributed by atoms with Gasteiger partial charge in [0.05, 0.1) is 0 Å². The molecule has 1 aliphatic carbocycles. The van der Waals surface area contributed by atoms with Crippen molar-refractivity contribution >= 4 is 23.4 Å². The van der Waals surface area contributed by atoms with Gasteiger partial charge in [-0.15, -0.1) is 0 Å². The van der Waals surface area contributed by atoms with Crippen LogP contribution < -0.4 is 16.6 Å². The first-order valence-electron chi connectivity index (χ1n) is 7.73. The smallest absolute Gasteiger partial charge is 0.148 e. The fraction of sp³-hybridized carbons (Fsp3) is 0.733. The summed E-state index contributed by atoms with van der Waals surface area (Å²) in [6, 6.07) is 0. The number of hydrogen-bond acceptors (Lipinski definition) is 6. The molecule has 2 rings (SSSR count). The van der Waals surface area contributed by atoms with Gasteiger partial charge in [-0.1, -0.05) is 13.8 Å². The highest BCUT2D eigenvalue weighted by Crippen LogP contribution is 2.39. The summed E-state index contributed by atoms with van der Waals surface area (Å²) in [5.41, 5.74) is 3.69. The Labute approximate surface area is 131 Å². The van der Waals surface area contributed by atoms with Gasteiger partial charge in [0.15, 0.2) is 0 Å². The molecule has 21 heavy (non-hydrogen) atoms. The van der Waals surface area contributed by atoms with Crippen LogP contribution in [0.3, 0.4) is 0 Å². The van der Waals surface area contributed by atoms with Crippen LogP contribution in [0.5, 0.6) is 0 Å². The van der Waals surface area contributed by atoms with Gasteiger partial charge in [-0.2, -0.15) is 11.8 Å². The van der Waals surface area contributed by atoms with E-state index in [-0.39, 0.29) is 4.75 Å². The fourth-order valence-electron chi connectivity index (χ4n) is 2.48. The predicted molar refractivity (Wildman–Crippen MR) is 91.9 cm³/mol. The number of nitrogen functional groups attached to an aromatic ring is 1. The molecule has 4 N–H and O–H groups in total. The van der Waals surface area contributed by atoms with Gasteiger partial charge in [-0.3, -0.25) is 0 Å². The van der Waals surface area contributed by atoms with Crippen molar-refractivity contribution in [3.8, 4) is 0 Å². The first-order valence-corrected chi connectivity index (χ1v) is 8.95. The number of hydrazine groups is 1. The summed E-state index contributed by atoms with van der Waals surface area (Å²) in [5.74, 6) is 8.68. The van der Waals surface area contributed by atoms with E-state index in [4.69, 9.17) is 10.8 Å². The number of nitrogens with one attached hydrogen (secondary N) is 2. The molecule has 6 heteroatoms. The van der Waals surface area contributed by atoms with Gasteiger partial charge in [0.25, 0.3) is 0 Å². The van der Waals surface area contributed by atoms with Crippen LogP contribution in [0.15, 0.2) is 0 Å². The highest BCUT2D eigenvalue weighted by molar-refractivity contribution is 8.00. The molecule has 1 aliphatic rings. The van der Waals surface area contributed by atoms with Crippen molar-refractivity contribution < 1.29 is 0 Å². The summed E-state index contributed by atoms with van der Waals surface area (Å²) in [4.78, 5) is 9.25. The van der Waals surface area contributed by atoms with E-state index in [2.05, 4.69) is 35.8 Å². The van der Waals surface area contributed by atoms with Crippen LogP contribution in [0.2, 0.25) is 0 Å². The summed E-state index contributed by atoms with van der Waals surface area (Å²) in [5, 5.41) is 3.54. The van der Waals surface area contributed by atoms with Crippen molar-refractivity contribution in [2.24, 2.45) is 5.84 Å². The molecular formula is C15H27N5S. The molecule has 1 aromatic rings. The standard InChI is InChI=1S/C15H27N5S/c1-5-15(6-2,21-4)9-17-12-10(3)13(20-16)19-14(18-12)11-7-8-11/h11H,5-9,16H2,1-4H3,(H2,17,18,19,20). The third-order valence-electron chi connectivity index (χ3n) is 4.54. The van der Waals surface area contributed by atoms with Gasteiger partial charge in [-0.25, -0.2) is 15.8 Å². The number of anilines is 2. The zero-order valence-corrected chi connectivity index (χ0v) is 14.3. The fourth-order valence-corrected chi connectivity index (χ4v) is 3.27. The molecule has 0 saturated heterocycles. The molecule has 0 unspecified atom stereocenters. The van der Waals surface area contributed by atoms with Crippen LogP contribution in [0.25, 0.3) is 0 Å². The molecular weight excluding hydrogens is 282 g/mol. The number of nitrogens with zero attached hydrogens (tertiary/aromatic N) is 2.